The highest BCUT2D eigenvalue weighted by Gasteiger charge is 2.22. The Morgan fingerprint density at radius 2 is 2.11 bits per heavy atom. The minimum absolute atomic E-state index is 0.114. The summed E-state index contributed by atoms with van der Waals surface area (Å²) in [6, 6.07) is 4.36. The summed E-state index contributed by atoms with van der Waals surface area (Å²) in [5.74, 6) is -0.901. The molecular formula is C18H21N3O6S. The maximum Gasteiger partial charge on any atom is 0.357 e. The van der Waals surface area contributed by atoms with Gasteiger partial charge in [-0.25, -0.2) is 9.78 Å². The van der Waals surface area contributed by atoms with E-state index in [2.05, 4.69) is 4.98 Å². The topological polar surface area (TPSA) is 112 Å². The van der Waals surface area contributed by atoms with Crippen molar-refractivity contribution in [3.05, 3.63) is 55.5 Å². The number of nitro groups is 1. The van der Waals surface area contributed by atoms with Gasteiger partial charge in [-0.05, 0) is 19.9 Å². The van der Waals surface area contributed by atoms with E-state index in [0.717, 1.165) is 0 Å². The zero-order valence-electron chi connectivity index (χ0n) is 15.8. The second kappa shape index (κ2) is 9.90. The molecule has 10 heteroatoms. The lowest BCUT2D eigenvalue weighted by Gasteiger charge is -2.21. The molecule has 9 nitrogen and oxygen atoms in total. The Hall–Kier alpha value is -2.85. The molecule has 0 aliphatic carbocycles. The average molecular weight is 407 g/mol. The van der Waals surface area contributed by atoms with Crippen molar-refractivity contribution in [3.63, 3.8) is 0 Å². The minimum Gasteiger partial charge on any atom is -0.461 e. The first-order valence-corrected chi connectivity index (χ1v) is 9.40. The highest BCUT2D eigenvalue weighted by molar-refractivity contribution is 7.09. The zero-order valence-corrected chi connectivity index (χ0v) is 16.7. The predicted octanol–water partition coefficient (Wildman–Crippen LogP) is 2.83. The van der Waals surface area contributed by atoms with Gasteiger partial charge < -0.3 is 14.4 Å². The summed E-state index contributed by atoms with van der Waals surface area (Å²) in [5.41, 5.74) is 0.753. The predicted molar refractivity (Wildman–Crippen MR) is 103 cm³/mol. The number of aryl methyl sites for hydroxylation is 1. The molecule has 0 spiro atoms. The number of aromatic nitrogens is 1. The number of carbonyl (C=O) groups is 2. The number of thiazole rings is 1. The van der Waals surface area contributed by atoms with Crippen LogP contribution in [-0.4, -0.2) is 53.6 Å². The van der Waals surface area contributed by atoms with E-state index in [0.29, 0.717) is 10.6 Å². The number of esters is 1. The molecule has 0 N–H and O–H groups in total. The smallest absolute Gasteiger partial charge is 0.357 e. The van der Waals surface area contributed by atoms with E-state index in [1.54, 1.807) is 31.4 Å². The third-order valence-electron chi connectivity index (χ3n) is 3.87. The zero-order chi connectivity index (χ0) is 20.7. The summed E-state index contributed by atoms with van der Waals surface area (Å²) in [6.07, 6.45) is 0. The second-order valence-corrected chi connectivity index (χ2v) is 6.77. The lowest BCUT2D eigenvalue weighted by molar-refractivity contribution is -0.385. The van der Waals surface area contributed by atoms with Crippen molar-refractivity contribution in [3.8, 4) is 0 Å². The van der Waals surface area contributed by atoms with Gasteiger partial charge in [0.2, 0.25) is 0 Å². The summed E-state index contributed by atoms with van der Waals surface area (Å²) in [6.45, 7) is 4.27. The quantitative estimate of drug-likeness (QED) is 0.357. The monoisotopic (exact) mass is 407 g/mol. The summed E-state index contributed by atoms with van der Waals surface area (Å²) >= 11 is 1.23. The van der Waals surface area contributed by atoms with Gasteiger partial charge in [0.25, 0.3) is 11.6 Å². The van der Waals surface area contributed by atoms with E-state index in [9.17, 15) is 19.7 Å². The van der Waals surface area contributed by atoms with Crippen molar-refractivity contribution in [2.24, 2.45) is 0 Å². The van der Waals surface area contributed by atoms with Crippen LogP contribution in [0, 0.1) is 17.0 Å². The van der Waals surface area contributed by atoms with Crippen molar-refractivity contribution in [1.82, 2.24) is 9.88 Å². The summed E-state index contributed by atoms with van der Waals surface area (Å²) in [5, 5.41) is 13.3. The number of nitro benzene ring substituents is 1. The fourth-order valence-electron chi connectivity index (χ4n) is 2.42. The molecule has 0 aliphatic rings. The van der Waals surface area contributed by atoms with E-state index in [1.807, 2.05) is 0 Å². The standard InChI is InChI=1S/C18H21N3O6S/c1-4-27-18(23)14-11-28-16(19-14)10-20(7-8-26-3)17(22)13-6-5-12(2)15(9-13)21(24)25/h5-6,9,11H,4,7-8,10H2,1-3H3. The largest absolute Gasteiger partial charge is 0.461 e. The van der Waals surface area contributed by atoms with Crippen LogP contribution in [0.25, 0.3) is 0 Å². The molecule has 0 aliphatic heterocycles. The highest BCUT2D eigenvalue weighted by Crippen LogP contribution is 2.21. The SMILES string of the molecule is CCOC(=O)c1csc(CN(CCOC)C(=O)c2ccc(C)c([N+](=O)[O-])c2)n1. The summed E-state index contributed by atoms with van der Waals surface area (Å²) in [4.78, 5) is 41.0. The molecule has 1 aromatic heterocycles. The van der Waals surface area contributed by atoms with E-state index in [4.69, 9.17) is 9.47 Å². The number of amides is 1. The Labute approximate surface area is 166 Å². The number of nitrogens with zero attached hydrogens (tertiary/aromatic N) is 3. The van der Waals surface area contributed by atoms with Crippen molar-refractivity contribution < 1.29 is 24.0 Å². The fourth-order valence-corrected chi connectivity index (χ4v) is 3.20. The molecule has 2 rings (SSSR count). The Balaban J connectivity index is 2.23. The van der Waals surface area contributed by atoms with Crippen LogP contribution < -0.4 is 0 Å². The maximum atomic E-state index is 12.9. The van der Waals surface area contributed by atoms with Crippen LogP contribution in [0.3, 0.4) is 0 Å². The molecule has 1 aromatic carbocycles. The second-order valence-electron chi connectivity index (χ2n) is 5.82. The first-order chi connectivity index (χ1) is 13.4. The number of hydrogen-bond donors (Lipinski definition) is 0. The lowest BCUT2D eigenvalue weighted by Crippen LogP contribution is -2.33. The molecule has 1 amide bonds. The van der Waals surface area contributed by atoms with Gasteiger partial charge in [-0.15, -0.1) is 11.3 Å². The van der Waals surface area contributed by atoms with Crippen LogP contribution in [0.1, 0.15) is 38.3 Å². The van der Waals surface area contributed by atoms with Crippen molar-refractivity contribution >= 4 is 28.9 Å². The Morgan fingerprint density at radius 3 is 2.75 bits per heavy atom. The number of carbonyl (C=O) groups excluding carboxylic acids is 2. The Kier molecular flexibility index (Phi) is 7.59. The van der Waals surface area contributed by atoms with Crippen LogP contribution >= 0.6 is 11.3 Å². The molecule has 2 aromatic rings. The van der Waals surface area contributed by atoms with E-state index >= 15 is 0 Å². The first-order valence-electron chi connectivity index (χ1n) is 8.52. The molecule has 0 bridgehead atoms. The average Bonchev–Trinajstić information content (AvgIpc) is 3.13. The highest BCUT2D eigenvalue weighted by atomic mass is 32.1. The van der Waals surface area contributed by atoms with Crippen molar-refractivity contribution in [2.75, 3.05) is 26.9 Å². The van der Waals surface area contributed by atoms with Crippen LogP contribution in [0.5, 0.6) is 0 Å². The van der Waals surface area contributed by atoms with Gasteiger partial charge in [-0.3, -0.25) is 14.9 Å². The van der Waals surface area contributed by atoms with Crippen LogP contribution in [-0.2, 0) is 16.0 Å². The van der Waals surface area contributed by atoms with Crippen LogP contribution in [0.4, 0.5) is 5.69 Å². The Bertz CT molecular complexity index is 867. The minimum atomic E-state index is -0.520. The number of benzene rings is 1. The van der Waals surface area contributed by atoms with Gasteiger partial charge in [-0.1, -0.05) is 6.07 Å². The van der Waals surface area contributed by atoms with Gasteiger partial charge >= 0.3 is 5.97 Å². The van der Waals surface area contributed by atoms with Gasteiger partial charge in [0, 0.05) is 36.2 Å². The lowest BCUT2D eigenvalue weighted by atomic mass is 10.1. The first kappa shape index (κ1) is 21.5. The van der Waals surface area contributed by atoms with Gasteiger partial charge in [0.1, 0.15) is 5.01 Å². The van der Waals surface area contributed by atoms with Crippen molar-refractivity contribution in [1.29, 1.82) is 0 Å². The normalized spacial score (nSPS) is 10.5. The van der Waals surface area contributed by atoms with E-state index < -0.39 is 10.9 Å². The van der Waals surface area contributed by atoms with Crippen LogP contribution in [0.2, 0.25) is 0 Å². The molecule has 0 saturated carbocycles. The molecule has 0 atom stereocenters. The van der Waals surface area contributed by atoms with Gasteiger partial charge in [-0.2, -0.15) is 0 Å². The molecule has 0 unspecified atom stereocenters. The molecule has 28 heavy (non-hydrogen) atoms. The molecule has 0 radical (unpaired) electrons. The molecule has 1 heterocycles. The van der Waals surface area contributed by atoms with Gasteiger partial charge in [0.15, 0.2) is 5.69 Å². The molecule has 0 saturated heterocycles. The molecular weight excluding hydrogens is 386 g/mol. The third kappa shape index (κ3) is 5.33. The molecule has 0 fully saturated rings. The fraction of sp³-hybridized carbons (Fsp3) is 0.389. The number of methoxy groups -OCH3 is 1. The van der Waals surface area contributed by atoms with Gasteiger partial charge in [0.05, 0.1) is 24.7 Å². The maximum absolute atomic E-state index is 12.9. The van der Waals surface area contributed by atoms with E-state index in [1.165, 1.54) is 29.4 Å². The van der Waals surface area contributed by atoms with E-state index in [-0.39, 0.29) is 49.2 Å². The van der Waals surface area contributed by atoms with Crippen molar-refractivity contribution in [2.45, 2.75) is 20.4 Å². The third-order valence-corrected chi connectivity index (χ3v) is 4.70. The molecule has 150 valence electrons. The van der Waals surface area contributed by atoms with Crippen LogP contribution in [0.15, 0.2) is 23.6 Å². The number of hydrogen-bond acceptors (Lipinski definition) is 8. The number of ether oxygens (including phenoxy) is 2. The summed E-state index contributed by atoms with van der Waals surface area (Å²) in [7, 11) is 1.52. The number of rotatable bonds is 9. The Morgan fingerprint density at radius 1 is 1.36 bits per heavy atom. The summed E-state index contributed by atoms with van der Waals surface area (Å²) < 4.78 is 9.97.